The molecule has 0 bridgehead atoms. The van der Waals surface area contributed by atoms with Crippen LogP contribution in [0.5, 0.6) is 0 Å². The van der Waals surface area contributed by atoms with Crippen LogP contribution >= 0.6 is 0 Å². The molecule has 2 heterocycles. The van der Waals surface area contributed by atoms with E-state index in [1.165, 1.54) is 0 Å². The summed E-state index contributed by atoms with van der Waals surface area (Å²) in [5.74, 6) is -5.69. The summed E-state index contributed by atoms with van der Waals surface area (Å²) in [6.45, 7) is -0.239. The lowest BCUT2D eigenvalue weighted by Gasteiger charge is -2.44. The third-order valence-electron chi connectivity index (χ3n) is 4.32. The van der Waals surface area contributed by atoms with Crippen molar-refractivity contribution in [3.05, 3.63) is 0 Å². The maximum atomic E-state index is 10.8. The summed E-state index contributed by atoms with van der Waals surface area (Å²) in [5.41, 5.74) is 5.04. The maximum absolute atomic E-state index is 10.8. The molecule has 2 saturated heterocycles. The second kappa shape index (κ2) is 9.84. The van der Waals surface area contributed by atoms with E-state index >= 15 is 0 Å². The molecule has 2 rings (SSSR count). The third-order valence-corrected chi connectivity index (χ3v) is 4.32. The van der Waals surface area contributed by atoms with E-state index in [1.54, 1.807) is 0 Å². The zero-order chi connectivity index (χ0) is 22.7. The molecule has 0 saturated carbocycles. The Morgan fingerprint density at radius 1 is 0.862 bits per heavy atom. The van der Waals surface area contributed by atoms with E-state index in [0.29, 0.717) is 0 Å². The van der Waals surface area contributed by atoms with Gasteiger partial charge in [0.05, 0.1) is 13.2 Å². The normalized spacial score (nSPS) is 47.7. The van der Waals surface area contributed by atoms with E-state index < -0.39 is 79.8 Å². The molecule has 0 radical (unpaired) electrons. The molecule has 0 aromatic carbocycles. The second-order valence-corrected chi connectivity index (χ2v) is 6.66. The van der Waals surface area contributed by atoms with Crippen molar-refractivity contribution >= 4 is 5.91 Å². The number of nitrogens with one attached hydrogen (secondary N) is 1. The molecule has 15 heteroatoms. The minimum atomic E-state index is -2.53. The largest absolute Gasteiger partial charge is 0.394 e. The number of ether oxygens (including phenoxy) is 2. The molecular formula is C14H28N2O13. The average molecular weight is 432 g/mol. The number of hydrogen-bond acceptors (Lipinski definition) is 14. The zero-order valence-electron chi connectivity index (χ0n) is 15.3. The number of aliphatic hydroxyl groups excluding tert-OH is 8. The van der Waals surface area contributed by atoms with Gasteiger partial charge in [-0.05, 0) is 0 Å². The number of nitrogens with two attached hydrogens (primary N) is 1. The van der Waals surface area contributed by atoms with Gasteiger partial charge in [-0.3, -0.25) is 10.5 Å². The van der Waals surface area contributed by atoms with Gasteiger partial charge >= 0.3 is 0 Å². The summed E-state index contributed by atoms with van der Waals surface area (Å²) < 4.78 is 9.28. The highest BCUT2D eigenvalue weighted by Gasteiger charge is 2.53. The monoisotopic (exact) mass is 432 g/mol. The molecule has 0 aromatic heterocycles. The van der Waals surface area contributed by atoms with Gasteiger partial charge < -0.3 is 65.9 Å². The van der Waals surface area contributed by atoms with Crippen molar-refractivity contribution in [1.82, 2.24) is 5.32 Å². The predicted octanol–water partition coefficient (Wildman–Crippen LogP) is -7.69. The van der Waals surface area contributed by atoms with Crippen molar-refractivity contribution in [2.24, 2.45) is 5.73 Å². The number of carbonyl (C=O) groups is 1. The Morgan fingerprint density at radius 2 is 1.28 bits per heavy atom. The van der Waals surface area contributed by atoms with Crippen molar-refractivity contribution in [2.75, 3.05) is 13.2 Å². The molecule has 2 unspecified atom stereocenters. The van der Waals surface area contributed by atoms with Gasteiger partial charge in [0.1, 0.15) is 36.6 Å². The van der Waals surface area contributed by atoms with Crippen LogP contribution in [0, 0.1) is 0 Å². The van der Waals surface area contributed by atoms with Crippen molar-refractivity contribution in [2.45, 2.75) is 67.6 Å². The quantitative estimate of drug-likeness (QED) is 0.185. The van der Waals surface area contributed by atoms with Crippen molar-refractivity contribution in [3.8, 4) is 0 Å². The fraction of sp³-hybridized carbons (Fsp3) is 0.929. The second-order valence-electron chi connectivity index (χ2n) is 6.66. The van der Waals surface area contributed by atoms with E-state index in [-0.39, 0.29) is 0 Å². The number of carbonyl (C=O) groups excluding carboxylic acids is 1. The Kier molecular flexibility index (Phi) is 8.82. The number of rotatable bonds is 3. The molecule has 10 atom stereocenters. The van der Waals surface area contributed by atoms with Crippen LogP contribution in [0.3, 0.4) is 0 Å². The maximum Gasteiger partial charge on any atom is 0.279 e. The Morgan fingerprint density at radius 3 is 1.69 bits per heavy atom. The van der Waals surface area contributed by atoms with Crippen LogP contribution < -0.4 is 11.1 Å². The highest BCUT2D eigenvalue weighted by atomic mass is 16.7. The van der Waals surface area contributed by atoms with E-state index in [1.807, 2.05) is 5.32 Å². The van der Waals surface area contributed by atoms with E-state index in [0.717, 1.165) is 6.92 Å². The van der Waals surface area contributed by atoms with Crippen LogP contribution in [0.1, 0.15) is 6.92 Å². The fourth-order valence-corrected chi connectivity index (χ4v) is 2.69. The fourth-order valence-electron chi connectivity index (χ4n) is 2.69. The standard InChI is InChI=1S/C8H15NO7.C6H13NO6/c1-3(11)9-8(15)7(14)6(13)5(12)4(2-10)16-8;7-6(12)5(11)4(10)3(9)2(1-8)13-6/h4-7,10,12-15H,2H2,1H3,(H,9,11);2-5,8-12H,1,7H2/t4-,5-,6+,7-,8?;2-,3-,4+,5-,6?/m11/s1. The van der Waals surface area contributed by atoms with Crippen molar-refractivity contribution in [1.29, 1.82) is 0 Å². The lowest BCUT2D eigenvalue weighted by atomic mass is 9.96. The number of hydrogen-bond donors (Lipinski definition) is 12. The molecule has 172 valence electrons. The van der Waals surface area contributed by atoms with Crippen LogP contribution in [0.15, 0.2) is 0 Å². The highest BCUT2D eigenvalue weighted by molar-refractivity contribution is 5.73. The molecule has 15 nitrogen and oxygen atoms in total. The van der Waals surface area contributed by atoms with E-state index in [2.05, 4.69) is 4.74 Å². The summed E-state index contributed by atoms with van der Waals surface area (Å²) in [6, 6.07) is 0. The number of amides is 1. The Balaban J connectivity index is 0.000000296. The van der Waals surface area contributed by atoms with E-state index in [4.69, 9.17) is 36.0 Å². The first-order valence-corrected chi connectivity index (χ1v) is 8.40. The van der Waals surface area contributed by atoms with Crippen LogP contribution in [0.25, 0.3) is 0 Å². The Labute approximate surface area is 164 Å². The lowest BCUT2D eigenvalue weighted by Crippen LogP contribution is -2.71. The first kappa shape index (κ1) is 26.0. The molecule has 1 amide bonds. The summed E-state index contributed by atoms with van der Waals surface area (Å²) in [6.07, 6.45) is -12.7. The molecule has 13 N–H and O–H groups in total. The van der Waals surface area contributed by atoms with Crippen molar-refractivity contribution in [3.63, 3.8) is 0 Å². The zero-order valence-corrected chi connectivity index (χ0v) is 15.3. The van der Waals surface area contributed by atoms with Gasteiger partial charge in [-0.25, -0.2) is 0 Å². The Hall–Kier alpha value is -1.05. The van der Waals surface area contributed by atoms with Crippen LogP contribution in [0.2, 0.25) is 0 Å². The Bertz CT molecular complexity index is 548. The molecule has 0 aliphatic carbocycles. The van der Waals surface area contributed by atoms with Gasteiger partial charge in [0, 0.05) is 6.92 Å². The topological polar surface area (TPSA) is 276 Å². The smallest absolute Gasteiger partial charge is 0.279 e. The van der Waals surface area contributed by atoms with Crippen LogP contribution in [-0.4, -0.2) is 131 Å². The third kappa shape index (κ3) is 5.76. The molecular weight excluding hydrogens is 404 g/mol. The molecule has 2 aliphatic rings. The molecule has 0 aromatic rings. The van der Waals surface area contributed by atoms with Crippen LogP contribution in [-0.2, 0) is 14.3 Å². The van der Waals surface area contributed by atoms with Gasteiger partial charge in [-0.2, -0.15) is 0 Å². The minimum absolute atomic E-state index is 0.621. The first-order chi connectivity index (χ1) is 13.2. The first-order valence-electron chi connectivity index (χ1n) is 8.40. The van der Waals surface area contributed by atoms with Gasteiger partial charge in [0.2, 0.25) is 5.91 Å². The van der Waals surface area contributed by atoms with Crippen molar-refractivity contribution < 1.29 is 65.3 Å². The minimum Gasteiger partial charge on any atom is -0.394 e. The number of aliphatic hydroxyl groups is 10. The van der Waals surface area contributed by atoms with Gasteiger partial charge in [-0.1, -0.05) is 0 Å². The summed E-state index contributed by atoms with van der Waals surface area (Å²) in [4.78, 5) is 10.8. The van der Waals surface area contributed by atoms with Gasteiger partial charge in [0.25, 0.3) is 11.8 Å². The SMILES string of the molecule is CC(=O)NC1(O)O[C@H](CO)[C@@H](O)[C@H](O)[C@H]1O.NC1(O)O[C@H](CO)[C@@H](O)[C@H](O)[C@H]1O. The summed E-state index contributed by atoms with van der Waals surface area (Å²) in [5, 5.41) is 93.9. The van der Waals surface area contributed by atoms with Gasteiger partial charge in [0.15, 0.2) is 12.2 Å². The predicted molar refractivity (Wildman–Crippen MR) is 87.9 cm³/mol. The summed E-state index contributed by atoms with van der Waals surface area (Å²) >= 11 is 0. The van der Waals surface area contributed by atoms with E-state index in [9.17, 15) is 30.3 Å². The lowest BCUT2D eigenvalue weighted by molar-refractivity contribution is -0.358. The summed E-state index contributed by atoms with van der Waals surface area (Å²) in [7, 11) is 0. The molecule has 2 fully saturated rings. The van der Waals surface area contributed by atoms with Crippen LogP contribution in [0.4, 0.5) is 0 Å². The van der Waals surface area contributed by atoms with Gasteiger partial charge in [-0.15, -0.1) is 0 Å². The highest BCUT2D eigenvalue weighted by Crippen LogP contribution is 2.26. The molecule has 2 aliphatic heterocycles. The average Bonchev–Trinajstić information content (AvgIpc) is 2.64. The molecule has 0 spiro atoms. The molecule has 29 heavy (non-hydrogen) atoms.